The standard InChI is InChI=1S/C16H19NOS/c17-10-14(15-7-4-8-19-15)16(18)13-9-12(13)11-5-2-1-3-6-11/h1-8,12-14,16,18H,9-10,17H2. The molecule has 3 rings (SSSR count). The first kappa shape index (κ1) is 12.9. The van der Waals surface area contributed by atoms with Crippen LogP contribution in [0.25, 0.3) is 0 Å². The zero-order chi connectivity index (χ0) is 13.2. The van der Waals surface area contributed by atoms with Crippen LogP contribution in [0, 0.1) is 5.92 Å². The van der Waals surface area contributed by atoms with Gasteiger partial charge in [-0.25, -0.2) is 0 Å². The minimum absolute atomic E-state index is 0.0821. The van der Waals surface area contributed by atoms with Crippen LogP contribution in [0.15, 0.2) is 47.8 Å². The molecule has 3 N–H and O–H groups in total. The van der Waals surface area contributed by atoms with Crippen LogP contribution in [0.1, 0.15) is 28.7 Å². The van der Waals surface area contributed by atoms with Crippen molar-refractivity contribution in [2.75, 3.05) is 6.54 Å². The summed E-state index contributed by atoms with van der Waals surface area (Å²) in [6, 6.07) is 14.6. The molecule has 0 bridgehead atoms. The zero-order valence-electron chi connectivity index (χ0n) is 10.8. The summed E-state index contributed by atoms with van der Waals surface area (Å²) < 4.78 is 0. The molecule has 1 heterocycles. The fraction of sp³-hybridized carbons (Fsp3) is 0.375. The highest BCUT2D eigenvalue weighted by molar-refractivity contribution is 7.10. The Morgan fingerprint density at radius 2 is 2.00 bits per heavy atom. The number of aliphatic hydroxyl groups excluding tert-OH is 1. The molecule has 1 saturated carbocycles. The minimum Gasteiger partial charge on any atom is -0.392 e. The maximum Gasteiger partial charge on any atom is 0.0662 e. The van der Waals surface area contributed by atoms with Crippen molar-refractivity contribution in [3.63, 3.8) is 0 Å². The average Bonchev–Trinajstić information content (AvgIpc) is 3.09. The van der Waals surface area contributed by atoms with Crippen molar-refractivity contribution in [1.82, 2.24) is 0 Å². The van der Waals surface area contributed by atoms with Crippen molar-refractivity contribution >= 4 is 11.3 Å². The van der Waals surface area contributed by atoms with E-state index in [2.05, 4.69) is 30.3 Å². The van der Waals surface area contributed by atoms with Gasteiger partial charge < -0.3 is 10.8 Å². The van der Waals surface area contributed by atoms with Crippen molar-refractivity contribution < 1.29 is 5.11 Å². The predicted octanol–water partition coefficient (Wildman–Crippen LogP) is 2.96. The van der Waals surface area contributed by atoms with Crippen molar-refractivity contribution in [2.45, 2.75) is 24.4 Å². The maximum atomic E-state index is 10.6. The van der Waals surface area contributed by atoms with Crippen LogP contribution < -0.4 is 5.73 Å². The van der Waals surface area contributed by atoms with Crippen LogP contribution in [0.4, 0.5) is 0 Å². The van der Waals surface area contributed by atoms with Gasteiger partial charge in [0.1, 0.15) is 0 Å². The molecule has 0 radical (unpaired) electrons. The lowest BCUT2D eigenvalue weighted by Gasteiger charge is -2.20. The fourth-order valence-corrected chi connectivity index (χ4v) is 3.78. The third-order valence-corrected chi connectivity index (χ3v) is 5.09. The van der Waals surface area contributed by atoms with Gasteiger partial charge in [-0.15, -0.1) is 11.3 Å². The van der Waals surface area contributed by atoms with Crippen molar-refractivity contribution in [2.24, 2.45) is 11.7 Å². The Kier molecular flexibility index (Phi) is 3.69. The van der Waals surface area contributed by atoms with Crippen LogP contribution in [-0.2, 0) is 0 Å². The third kappa shape index (κ3) is 2.59. The van der Waals surface area contributed by atoms with Gasteiger partial charge in [0, 0.05) is 17.3 Å². The highest BCUT2D eigenvalue weighted by Gasteiger charge is 2.46. The molecule has 4 atom stereocenters. The first-order valence-corrected chi connectivity index (χ1v) is 7.65. The lowest BCUT2D eigenvalue weighted by Crippen LogP contribution is -2.27. The van der Waals surface area contributed by atoms with E-state index >= 15 is 0 Å². The van der Waals surface area contributed by atoms with Gasteiger partial charge in [0.25, 0.3) is 0 Å². The minimum atomic E-state index is -0.325. The monoisotopic (exact) mass is 273 g/mol. The number of nitrogens with two attached hydrogens (primary N) is 1. The Labute approximate surface area is 117 Å². The van der Waals surface area contributed by atoms with Gasteiger partial charge >= 0.3 is 0 Å². The van der Waals surface area contributed by atoms with Crippen molar-refractivity contribution in [3.05, 3.63) is 58.3 Å². The summed E-state index contributed by atoms with van der Waals surface area (Å²) in [4.78, 5) is 1.20. The van der Waals surface area contributed by atoms with Crippen LogP contribution >= 0.6 is 11.3 Å². The summed E-state index contributed by atoms with van der Waals surface area (Å²) in [5.74, 6) is 0.946. The van der Waals surface area contributed by atoms with E-state index in [0.717, 1.165) is 6.42 Å². The van der Waals surface area contributed by atoms with Crippen molar-refractivity contribution in [1.29, 1.82) is 0 Å². The molecule has 1 aliphatic rings. The quantitative estimate of drug-likeness (QED) is 0.880. The number of aliphatic hydroxyl groups is 1. The molecular formula is C16H19NOS. The third-order valence-electron chi connectivity index (χ3n) is 4.08. The smallest absolute Gasteiger partial charge is 0.0662 e. The number of thiophene rings is 1. The SMILES string of the molecule is NCC(c1cccs1)C(O)C1CC1c1ccccc1. The predicted molar refractivity (Wildman–Crippen MR) is 79.4 cm³/mol. The molecule has 1 aliphatic carbocycles. The molecular weight excluding hydrogens is 254 g/mol. The maximum absolute atomic E-state index is 10.6. The van der Waals surface area contributed by atoms with Gasteiger partial charge in [0.2, 0.25) is 0 Å². The highest BCUT2D eigenvalue weighted by Crippen LogP contribution is 2.52. The van der Waals surface area contributed by atoms with E-state index in [4.69, 9.17) is 5.73 Å². The lowest BCUT2D eigenvalue weighted by atomic mass is 9.94. The number of rotatable bonds is 5. The van der Waals surface area contributed by atoms with Gasteiger partial charge in [0.15, 0.2) is 0 Å². The molecule has 2 aromatic rings. The van der Waals surface area contributed by atoms with Gasteiger partial charge in [0.05, 0.1) is 6.10 Å². The van der Waals surface area contributed by atoms with Gasteiger partial charge in [-0.05, 0) is 35.3 Å². The second-order valence-corrected chi connectivity index (χ2v) is 6.24. The number of benzene rings is 1. The number of hydrogen-bond acceptors (Lipinski definition) is 3. The molecule has 0 spiro atoms. The molecule has 0 saturated heterocycles. The molecule has 4 unspecified atom stereocenters. The van der Waals surface area contributed by atoms with E-state index in [1.807, 2.05) is 17.5 Å². The first-order chi connectivity index (χ1) is 9.31. The molecule has 2 nitrogen and oxygen atoms in total. The molecule has 1 aromatic carbocycles. The topological polar surface area (TPSA) is 46.2 Å². The molecule has 0 aliphatic heterocycles. The van der Waals surface area contributed by atoms with Crippen LogP contribution in [0.2, 0.25) is 0 Å². The lowest BCUT2D eigenvalue weighted by molar-refractivity contribution is 0.122. The molecule has 0 amide bonds. The molecule has 1 fully saturated rings. The largest absolute Gasteiger partial charge is 0.392 e. The number of hydrogen-bond donors (Lipinski definition) is 2. The van der Waals surface area contributed by atoms with E-state index in [1.165, 1.54) is 10.4 Å². The van der Waals surface area contributed by atoms with E-state index in [0.29, 0.717) is 18.4 Å². The van der Waals surface area contributed by atoms with Gasteiger partial charge in [-0.2, -0.15) is 0 Å². The van der Waals surface area contributed by atoms with Gasteiger partial charge in [-0.1, -0.05) is 36.4 Å². The second-order valence-electron chi connectivity index (χ2n) is 5.26. The summed E-state index contributed by atoms with van der Waals surface area (Å²) in [6.07, 6.45) is 0.751. The zero-order valence-corrected chi connectivity index (χ0v) is 11.6. The van der Waals surface area contributed by atoms with E-state index in [9.17, 15) is 5.11 Å². The van der Waals surface area contributed by atoms with E-state index in [1.54, 1.807) is 11.3 Å². The molecule has 19 heavy (non-hydrogen) atoms. The summed E-state index contributed by atoms with van der Waals surface area (Å²) >= 11 is 1.69. The summed E-state index contributed by atoms with van der Waals surface area (Å²) in [6.45, 7) is 0.514. The molecule has 1 aromatic heterocycles. The van der Waals surface area contributed by atoms with E-state index in [-0.39, 0.29) is 12.0 Å². The molecule has 3 heteroatoms. The van der Waals surface area contributed by atoms with Crippen LogP contribution in [-0.4, -0.2) is 17.8 Å². The Morgan fingerprint density at radius 3 is 2.63 bits per heavy atom. The Balaban J connectivity index is 1.70. The van der Waals surface area contributed by atoms with Crippen molar-refractivity contribution in [3.8, 4) is 0 Å². The summed E-state index contributed by atoms with van der Waals surface area (Å²) in [5, 5.41) is 12.6. The second kappa shape index (κ2) is 5.45. The fourth-order valence-electron chi connectivity index (χ4n) is 2.90. The summed E-state index contributed by atoms with van der Waals surface area (Å²) in [7, 11) is 0. The summed E-state index contributed by atoms with van der Waals surface area (Å²) in [5.41, 5.74) is 7.20. The normalized spacial score (nSPS) is 24.9. The Hall–Kier alpha value is -1.16. The highest BCUT2D eigenvalue weighted by atomic mass is 32.1. The van der Waals surface area contributed by atoms with Crippen LogP contribution in [0.3, 0.4) is 0 Å². The van der Waals surface area contributed by atoms with Gasteiger partial charge in [-0.3, -0.25) is 0 Å². The van der Waals surface area contributed by atoms with Crippen LogP contribution in [0.5, 0.6) is 0 Å². The molecule has 100 valence electrons. The Morgan fingerprint density at radius 1 is 1.21 bits per heavy atom. The first-order valence-electron chi connectivity index (χ1n) is 6.77. The average molecular weight is 273 g/mol. The van der Waals surface area contributed by atoms with E-state index < -0.39 is 0 Å². The Bertz CT molecular complexity index is 511.